The second-order valence-corrected chi connectivity index (χ2v) is 25.5. The lowest BCUT2D eigenvalue weighted by Crippen LogP contribution is -2.54. The maximum atomic E-state index is 14.1. The van der Waals surface area contributed by atoms with Crippen LogP contribution in [0.1, 0.15) is 165 Å². The van der Waals surface area contributed by atoms with Crippen molar-refractivity contribution in [1.29, 1.82) is 0 Å². The molecule has 2 aliphatic rings. The van der Waals surface area contributed by atoms with Crippen LogP contribution >= 0.6 is 22.7 Å². The summed E-state index contributed by atoms with van der Waals surface area (Å²) in [6.07, 6.45) is 2.71. The van der Waals surface area contributed by atoms with Crippen LogP contribution in [0.2, 0.25) is 0 Å². The molecule has 2 aromatic carbocycles. The minimum atomic E-state index is -0.842. The molecule has 4 aromatic rings. The lowest BCUT2D eigenvalue weighted by Gasteiger charge is -2.39. The summed E-state index contributed by atoms with van der Waals surface area (Å²) in [6, 6.07) is 12.2. The molecule has 0 bridgehead atoms. The third-order valence-electron chi connectivity index (χ3n) is 12.5. The smallest absolute Gasteiger partial charge is 0.255 e. The molecule has 0 radical (unpaired) electrons. The number of aliphatic hydroxyl groups excluding tert-OH is 2. The predicted molar refractivity (Wildman–Crippen MR) is 284 cm³/mol. The minimum absolute atomic E-state index is 0.0158. The van der Waals surface area contributed by atoms with Crippen molar-refractivity contribution in [2.24, 2.45) is 22.7 Å². The van der Waals surface area contributed by atoms with Gasteiger partial charge in [0.1, 0.15) is 23.6 Å². The lowest BCUT2D eigenvalue weighted by atomic mass is 9.81. The van der Waals surface area contributed by atoms with E-state index >= 15 is 0 Å². The molecule has 70 heavy (non-hydrogen) atoms. The number of nitrogens with zero attached hydrogens (tertiary/aromatic N) is 2. The van der Waals surface area contributed by atoms with Gasteiger partial charge in [-0.25, -0.2) is 0 Å². The number of carbonyl (C=O) groups is 4. The van der Waals surface area contributed by atoms with E-state index in [2.05, 4.69) is 79.9 Å². The molecule has 384 valence electrons. The molecule has 0 unspecified atom stereocenters. The summed E-state index contributed by atoms with van der Waals surface area (Å²) in [6.45, 7) is 28.7. The molecular formula is C56H80N4O8S2. The summed E-state index contributed by atoms with van der Waals surface area (Å²) in [5, 5.41) is 31.2. The predicted octanol–water partition coefficient (Wildman–Crippen LogP) is 11.3. The molecule has 2 aromatic heterocycles. The summed E-state index contributed by atoms with van der Waals surface area (Å²) >= 11 is 2.95. The number of methoxy groups -OCH3 is 2. The standard InChI is InChI=1S/2C28H40N2O4S/c2*1-17(2)13-18(15-31)30-23(25(32)29-28(6,7)16-27(3,4)5)24-21(11-12-35-24)20-10-9-19(34-8)14-22(20)26(30)33/h2*9-12,14,17-18,23,31H,13,15-16H2,1-8H3,(H,29,32)/t18-,23+;18-,23-/m00/s1. The zero-order valence-corrected chi connectivity index (χ0v) is 46.2. The van der Waals surface area contributed by atoms with E-state index in [1.54, 1.807) is 36.2 Å². The number of hydrogen-bond acceptors (Lipinski definition) is 10. The molecular weight excluding hydrogens is 921 g/mol. The third-order valence-corrected chi connectivity index (χ3v) is 14.4. The van der Waals surface area contributed by atoms with Crippen LogP contribution in [0.3, 0.4) is 0 Å². The Morgan fingerprint density at radius 1 is 0.571 bits per heavy atom. The van der Waals surface area contributed by atoms with Crippen LogP contribution in [0.5, 0.6) is 11.5 Å². The van der Waals surface area contributed by atoms with E-state index in [-0.39, 0.29) is 59.5 Å². The number of aliphatic hydroxyl groups is 2. The van der Waals surface area contributed by atoms with E-state index in [4.69, 9.17) is 9.47 Å². The number of benzene rings is 2. The van der Waals surface area contributed by atoms with Gasteiger partial charge in [0, 0.05) is 20.8 Å². The van der Waals surface area contributed by atoms with Crippen molar-refractivity contribution < 1.29 is 38.9 Å². The highest BCUT2D eigenvalue weighted by atomic mass is 32.1. The number of rotatable bonds is 16. The average Bonchev–Trinajstić information content (AvgIpc) is 3.89. The van der Waals surface area contributed by atoms with Gasteiger partial charge in [-0.2, -0.15) is 0 Å². The molecule has 12 nitrogen and oxygen atoms in total. The molecule has 2 aliphatic heterocycles. The molecule has 0 fully saturated rings. The zero-order chi connectivity index (χ0) is 52.3. The van der Waals surface area contributed by atoms with Gasteiger partial charge in [0.25, 0.3) is 11.8 Å². The molecule has 0 spiro atoms. The molecule has 4 heterocycles. The zero-order valence-electron chi connectivity index (χ0n) is 44.5. The third kappa shape index (κ3) is 13.4. The second kappa shape index (κ2) is 22.3. The van der Waals surface area contributed by atoms with Crippen molar-refractivity contribution in [1.82, 2.24) is 20.4 Å². The largest absolute Gasteiger partial charge is 0.497 e. The quantitative estimate of drug-likeness (QED) is 0.0864. The first kappa shape index (κ1) is 56.2. The number of fused-ring (bicyclic) bond motifs is 6. The molecule has 0 saturated heterocycles. The number of amides is 4. The van der Waals surface area contributed by atoms with E-state index < -0.39 is 35.2 Å². The van der Waals surface area contributed by atoms with Gasteiger partial charge in [0.2, 0.25) is 11.8 Å². The van der Waals surface area contributed by atoms with Crippen LogP contribution in [-0.4, -0.2) is 94.2 Å². The van der Waals surface area contributed by atoms with E-state index in [9.17, 15) is 29.4 Å². The normalized spacial score (nSPS) is 17.0. The first-order valence-electron chi connectivity index (χ1n) is 24.6. The van der Waals surface area contributed by atoms with E-state index in [1.807, 2.05) is 74.9 Å². The Bertz CT molecular complexity index is 2300. The topological polar surface area (TPSA) is 158 Å². The highest BCUT2D eigenvalue weighted by molar-refractivity contribution is 7.11. The summed E-state index contributed by atoms with van der Waals surface area (Å²) in [5.74, 6) is 0.636. The van der Waals surface area contributed by atoms with Crippen LogP contribution in [0.4, 0.5) is 0 Å². The monoisotopic (exact) mass is 1000 g/mol. The van der Waals surface area contributed by atoms with Gasteiger partial charge in [-0.1, -0.05) is 69.2 Å². The van der Waals surface area contributed by atoms with Crippen LogP contribution in [0.15, 0.2) is 59.3 Å². The minimum Gasteiger partial charge on any atom is -0.497 e. The number of thiophene rings is 2. The Morgan fingerprint density at radius 2 is 0.914 bits per heavy atom. The summed E-state index contributed by atoms with van der Waals surface area (Å²) in [4.78, 5) is 61.2. The van der Waals surface area contributed by atoms with Crippen LogP contribution < -0.4 is 20.1 Å². The van der Waals surface area contributed by atoms with Gasteiger partial charge in [-0.15, -0.1) is 22.7 Å². The number of hydrogen-bond donors (Lipinski definition) is 4. The number of carbonyl (C=O) groups excluding carboxylic acids is 4. The van der Waals surface area contributed by atoms with Crippen molar-refractivity contribution in [3.05, 3.63) is 80.2 Å². The first-order chi connectivity index (χ1) is 32.6. The fourth-order valence-electron chi connectivity index (χ4n) is 10.8. The fraction of sp³-hybridized carbons (Fsp3) is 0.571. The van der Waals surface area contributed by atoms with Gasteiger partial charge in [0.15, 0.2) is 0 Å². The highest BCUT2D eigenvalue weighted by Gasteiger charge is 2.46. The Kier molecular flexibility index (Phi) is 17.9. The number of ether oxygens (including phenoxy) is 2. The molecule has 4 atom stereocenters. The maximum absolute atomic E-state index is 14.1. The summed E-state index contributed by atoms with van der Waals surface area (Å²) in [7, 11) is 3.14. The molecule has 6 rings (SSSR count). The first-order valence-corrected chi connectivity index (χ1v) is 26.3. The van der Waals surface area contributed by atoms with Crippen LogP contribution in [0, 0.1) is 22.7 Å². The summed E-state index contributed by atoms with van der Waals surface area (Å²) < 4.78 is 10.8. The van der Waals surface area contributed by atoms with Gasteiger partial charge in [0.05, 0.1) is 50.6 Å². The van der Waals surface area contributed by atoms with Crippen LogP contribution in [0.25, 0.3) is 22.3 Å². The molecule has 14 heteroatoms. The van der Waals surface area contributed by atoms with Crippen molar-refractivity contribution in [2.45, 2.75) is 158 Å². The van der Waals surface area contributed by atoms with Gasteiger partial charge in [-0.3, -0.25) is 19.2 Å². The Balaban J connectivity index is 0.000000261. The van der Waals surface area contributed by atoms with Crippen molar-refractivity contribution in [2.75, 3.05) is 27.4 Å². The highest BCUT2D eigenvalue weighted by Crippen LogP contribution is 2.46. The Labute approximate surface area is 425 Å². The SMILES string of the molecule is COc1ccc2c(c1)C(=O)N([C@H](CO)CC(C)C)[C@@H](C(=O)NC(C)(C)CC(C)(C)C)c1sccc1-2.COc1ccc2c(c1)C(=O)N([C@H](CO)CC(C)C)[C@H](C(=O)NC(C)(C)CC(C)(C)C)c1sccc1-2. The van der Waals surface area contributed by atoms with Crippen molar-refractivity contribution in [3.63, 3.8) is 0 Å². The lowest BCUT2D eigenvalue weighted by molar-refractivity contribution is -0.129. The van der Waals surface area contributed by atoms with Crippen LogP contribution in [-0.2, 0) is 9.59 Å². The van der Waals surface area contributed by atoms with Crippen molar-refractivity contribution >= 4 is 46.3 Å². The average molecular weight is 1000 g/mol. The van der Waals surface area contributed by atoms with Crippen molar-refractivity contribution in [3.8, 4) is 33.8 Å². The van der Waals surface area contributed by atoms with Gasteiger partial charge < -0.3 is 40.1 Å². The van der Waals surface area contributed by atoms with Gasteiger partial charge in [-0.05, 0) is 158 Å². The Morgan fingerprint density at radius 3 is 1.20 bits per heavy atom. The second-order valence-electron chi connectivity index (χ2n) is 23.6. The van der Waals surface area contributed by atoms with E-state index in [0.717, 1.165) is 44.8 Å². The molecule has 4 amide bonds. The maximum Gasteiger partial charge on any atom is 0.255 e. The number of nitrogens with one attached hydrogen (secondary N) is 2. The summed E-state index contributed by atoms with van der Waals surface area (Å²) in [5.41, 5.74) is 3.35. The molecule has 4 N–H and O–H groups in total. The fourth-order valence-corrected chi connectivity index (χ4v) is 12.8. The van der Waals surface area contributed by atoms with E-state index in [1.165, 1.54) is 22.7 Å². The Hall–Kier alpha value is -4.76. The molecule has 0 saturated carbocycles. The van der Waals surface area contributed by atoms with Gasteiger partial charge >= 0.3 is 0 Å². The molecule has 0 aliphatic carbocycles. The van der Waals surface area contributed by atoms with E-state index in [0.29, 0.717) is 35.5 Å².